The van der Waals surface area contributed by atoms with E-state index in [1.54, 1.807) is 30.3 Å². The second kappa shape index (κ2) is 10.5. The number of aromatic amines is 1. The highest BCUT2D eigenvalue weighted by atomic mass is 35.5. The zero-order valence-electron chi connectivity index (χ0n) is 19.0. The molecule has 5 nitrogen and oxygen atoms in total. The summed E-state index contributed by atoms with van der Waals surface area (Å²) in [6.45, 7) is 1.25. The van der Waals surface area contributed by atoms with Crippen molar-refractivity contribution in [3.05, 3.63) is 92.9 Å². The first-order chi connectivity index (χ1) is 17.3. The molecule has 3 aromatic rings. The highest BCUT2D eigenvalue weighted by Gasteiger charge is 2.39. The van der Waals surface area contributed by atoms with Crippen LogP contribution in [0, 0.1) is 0 Å². The number of hydrogen-bond acceptors (Lipinski definition) is 4. The molecule has 15 heteroatoms. The fourth-order valence-electron chi connectivity index (χ4n) is 3.35. The number of benzene rings is 2. The van der Waals surface area contributed by atoms with Crippen molar-refractivity contribution in [3.8, 4) is 0 Å². The van der Waals surface area contributed by atoms with Crippen molar-refractivity contribution in [2.24, 2.45) is 0 Å². The van der Waals surface area contributed by atoms with Crippen molar-refractivity contribution < 1.29 is 44.3 Å². The maximum Gasteiger partial charge on any atom is 0.433 e. The number of H-pyrrole nitrogens is 1. The van der Waals surface area contributed by atoms with E-state index >= 15 is 0 Å². The summed E-state index contributed by atoms with van der Waals surface area (Å²) >= 11 is 6.40. The van der Waals surface area contributed by atoms with E-state index in [1.165, 1.54) is 6.92 Å². The SMILES string of the molecule is CC(Cl)(Cc1ccccc1)OC(Nc1nc(C(F)(F)F)cc(=O)[nH]1)c1cc(C(F)(F)F)cc(C(F)(F)F)c1. The summed E-state index contributed by atoms with van der Waals surface area (Å²) in [5, 5.41) is 0.328. The molecule has 0 fully saturated rings. The number of aromatic nitrogens is 2. The molecule has 2 N–H and O–H groups in total. The minimum atomic E-state index is -5.22. The summed E-state index contributed by atoms with van der Waals surface area (Å²) < 4.78 is 126. The van der Waals surface area contributed by atoms with Crippen LogP contribution in [0.25, 0.3) is 0 Å². The zero-order valence-corrected chi connectivity index (χ0v) is 19.8. The molecule has 2 aromatic carbocycles. The van der Waals surface area contributed by atoms with Crippen LogP contribution in [0.3, 0.4) is 0 Å². The molecule has 0 bridgehead atoms. The van der Waals surface area contributed by atoms with Crippen LogP contribution in [0.2, 0.25) is 0 Å². The minimum Gasteiger partial charge on any atom is -0.332 e. The van der Waals surface area contributed by atoms with Gasteiger partial charge < -0.3 is 10.1 Å². The molecule has 1 aromatic heterocycles. The molecule has 206 valence electrons. The van der Waals surface area contributed by atoms with Crippen LogP contribution in [0.1, 0.15) is 41.1 Å². The third-order valence-electron chi connectivity index (χ3n) is 4.94. The van der Waals surface area contributed by atoms with E-state index < -0.39 is 63.7 Å². The molecule has 38 heavy (non-hydrogen) atoms. The normalized spacial score (nSPS) is 15.1. The Balaban J connectivity index is 2.13. The predicted octanol–water partition coefficient (Wildman–Crippen LogP) is 7.15. The number of ether oxygens (including phenoxy) is 1. The molecule has 0 aliphatic carbocycles. The van der Waals surface area contributed by atoms with Gasteiger partial charge in [0.2, 0.25) is 5.95 Å². The van der Waals surface area contributed by atoms with Gasteiger partial charge in [-0.2, -0.15) is 39.5 Å². The Kier molecular flexibility index (Phi) is 8.08. The predicted molar refractivity (Wildman–Crippen MR) is 118 cm³/mol. The second-order valence-corrected chi connectivity index (χ2v) is 9.02. The number of hydrogen-bond donors (Lipinski definition) is 2. The van der Waals surface area contributed by atoms with Crippen molar-refractivity contribution in [2.45, 2.75) is 43.2 Å². The Morgan fingerprint density at radius 1 is 0.895 bits per heavy atom. The fraction of sp³-hybridized carbons (Fsp3) is 0.304. The first kappa shape index (κ1) is 29.3. The smallest absolute Gasteiger partial charge is 0.332 e. The molecule has 0 spiro atoms. The van der Waals surface area contributed by atoms with Gasteiger partial charge in [-0.05, 0) is 30.7 Å². The minimum absolute atomic E-state index is 0.119. The van der Waals surface area contributed by atoms with Gasteiger partial charge in [0.1, 0.15) is 5.06 Å². The summed E-state index contributed by atoms with van der Waals surface area (Å²) in [7, 11) is 0. The van der Waals surface area contributed by atoms with Gasteiger partial charge in [-0.15, -0.1) is 0 Å². The molecule has 0 amide bonds. The number of alkyl halides is 10. The molecule has 2 atom stereocenters. The lowest BCUT2D eigenvalue weighted by molar-refractivity contribution is -0.143. The molecule has 2 unspecified atom stereocenters. The third-order valence-corrected chi connectivity index (χ3v) is 5.16. The van der Waals surface area contributed by atoms with Crippen molar-refractivity contribution in [3.63, 3.8) is 0 Å². The zero-order chi connectivity index (χ0) is 28.5. The lowest BCUT2D eigenvalue weighted by Crippen LogP contribution is -2.31. The fourth-order valence-corrected chi connectivity index (χ4v) is 3.60. The van der Waals surface area contributed by atoms with Crippen molar-refractivity contribution in [2.75, 3.05) is 5.32 Å². The van der Waals surface area contributed by atoms with E-state index in [0.717, 1.165) is 0 Å². The molecular formula is C23H17ClF9N3O2. The number of anilines is 1. The van der Waals surface area contributed by atoms with Gasteiger partial charge in [-0.3, -0.25) is 9.78 Å². The van der Waals surface area contributed by atoms with Gasteiger partial charge in [0.25, 0.3) is 5.56 Å². The Bertz CT molecular complexity index is 1290. The molecule has 3 rings (SSSR count). The molecule has 0 saturated heterocycles. The molecule has 0 radical (unpaired) electrons. The topological polar surface area (TPSA) is 67.0 Å². The number of nitrogens with one attached hydrogen (secondary N) is 2. The summed E-state index contributed by atoms with van der Waals surface area (Å²) in [4.78, 5) is 16.8. The molecule has 0 aliphatic rings. The van der Waals surface area contributed by atoms with E-state index in [0.29, 0.717) is 17.7 Å². The number of rotatable bonds is 7. The largest absolute Gasteiger partial charge is 0.433 e. The van der Waals surface area contributed by atoms with E-state index in [-0.39, 0.29) is 18.6 Å². The first-order valence-corrected chi connectivity index (χ1v) is 10.9. The van der Waals surface area contributed by atoms with Crippen LogP contribution >= 0.6 is 11.6 Å². The van der Waals surface area contributed by atoms with Crippen molar-refractivity contribution >= 4 is 17.5 Å². The molecule has 0 aliphatic heterocycles. The van der Waals surface area contributed by atoms with Crippen molar-refractivity contribution in [1.29, 1.82) is 0 Å². The Morgan fingerprint density at radius 2 is 1.45 bits per heavy atom. The molecule has 1 heterocycles. The molecule has 0 saturated carbocycles. The van der Waals surface area contributed by atoms with E-state index in [2.05, 4.69) is 10.3 Å². The van der Waals surface area contributed by atoms with E-state index in [4.69, 9.17) is 16.3 Å². The van der Waals surface area contributed by atoms with Gasteiger partial charge >= 0.3 is 18.5 Å². The van der Waals surface area contributed by atoms with Gasteiger partial charge in [0.15, 0.2) is 11.9 Å². The standard InChI is InChI=1S/C23H17ClF9N3O2/c1-20(24,11-12-5-3-2-4-6-12)38-18(36-19-34-16(23(31,32)33)10-17(37)35-19)13-7-14(21(25,26)27)9-15(8-13)22(28,29)30/h2-10,18H,11H2,1H3,(H2,34,35,36,37). The monoisotopic (exact) mass is 573 g/mol. The van der Waals surface area contributed by atoms with E-state index in [1.807, 2.05) is 4.98 Å². The Labute approximate surface area is 213 Å². The second-order valence-electron chi connectivity index (χ2n) is 8.22. The van der Waals surface area contributed by atoms with Crippen LogP contribution in [0.4, 0.5) is 45.5 Å². The Hall–Kier alpha value is -3.26. The van der Waals surface area contributed by atoms with Crippen LogP contribution in [-0.4, -0.2) is 15.0 Å². The lowest BCUT2D eigenvalue weighted by Gasteiger charge is -2.30. The number of halogens is 10. The third kappa shape index (κ3) is 7.87. The number of nitrogens with zero attached hydrogens (tertiary/aromatic N) is 1. The van der Waals surface area contributed by atoms with Crippen LogP contribution < -0.4 is 10.9 Å². The summed E-state index contributed by atoms with van der Waals surface area (Å²) in [5.41, 5.74) is -6.61. The highest BCUT2D eigenvalue weighted by molar-refractivity contribution is 6.22. The van der Waals surface area contributed by atoms with Crippen LogP contribution in [-0.2, 0) is 29.7 Å². The van der Waals surface area contributed by atoms with E-state index in [9.17, 15) is 44.3 Å². The quantitative estimate of drug-likeness (QED) is 0.179. The Morgan fingerprint density at radius 3 is 1.95 bits per heavy atom. The van der Waals surface area contributed by atoms with Crippen LogP contribution in [0.15, 0.2) is 59.4 Å². The van der Waals surface area contributed by atoms with Crippen molar-refractivity contribution in [1.82, 2.24) is 9.97 Å². The maximum atomic E-state index is 13.4. The summed E-state index contributed by atoms with van der Waals surface area (Å²) in [6, 6.07) is 8.80. The summed E-state index contributed by atoms with van der Waals surface area (Å²) in [5.74, 6) is -0.937. The lowest BCUT2D eigenvalue weighted by atomic mass is 10.0. The first-order valence-electron chi connectivity index (χ1n) is 10.5. The molecular weight excluding hydrogens is 557 g/mol. The highest BCUT2D eigenvalue weighted by Crippen LogP contribution is 2.39. The summed E-state index contributed by atoms with van der Waals surface area (Å²) in [6.07, 6.45) is -17.7. The van der Waals surface area contributed by atoms with Gasteiger partial charge in [0, 0.05) is 18.1 Å². The van der Waals surface area contributed by atoms with Crippen LogP contribution in [0.5, 0.6) is 0 Å². The van der Waals surface area contributed by atoms with Gasteiger partial charge in [-0.1, -0.05) is 41.9 Å². The van der Waals surface area contributed by atoms with Gasteiger partial charge in [-0.25, -0.2) is 4.98 Å². The average molecular weight is 574 g/mol. The average Bonchev–Trinajstić information content (AvgIpc) is 2.76. The maximum absolute atomic E-state index is 13.4. The van der Waals surface area contributed by atoms with Gasteiger partial charge in [0.05, 0.1) is 11.1 Å².